The van der Waals surface area contributed by atoms with Crippen LogP contribution in [0.4, 0.5) is 0 Å². The number of aliphatic hydroxyl groups is 1. The van der Waals surface area contributed by atoms with Crippen LogP contribution in [-0.4, -0.2) is 51.1 Å². The first-order chi connectivity index (χ1) is 13.1. The van der Waals surface area contributed by atoms with E-state index in [0.717, 1.165) is 55.8 Å². The maximum Gasteiger partial charge on any atom is 0.110 e. The molecule has 1 aliphatic heterocycles. The first kappa shape index (κ1) is 19.0. The van der Waals surface area contributed by atoms with E-state index in [2.05, 4.69) is 33.3 Å². The standard InChI is InChI=1S/C21H30N4OS/c1-24(14-17-5-4-10-22-13-17)15-20-23-19(16-27-20)21(26)8-11-25(12-9-21)18-6-2-3-7-18/h4-5,10,13,16,18,26H,2-3,6-9,11-12,14-15H2,1H3. The van der Waals surface area contributed by atoms with Crippen LogP contribution in [0.25, 0.3) is 0 Å². The summed E-state index contributed by atoms with van der Waals surface area (Å²) < 4.78 is 0. The fraction of sp³-hybridized carbons (Fsp3) is 0.619. The average Bonchev–Trinajstić information content (AvgIpc) is 3.35. The summed E-state index contributed by atoms with van der Waals surface area (Å²) >= 11 is 1.66. The van der Waals surface area contributed by atoms with Gasteiger partial charge in [0.1, 0.15) is 10.6 Å². The Morgan fingerprint density at radius 2 is 2.04 bits per heavy atom. The predicted octanol–water partition coefficient (Wildman–Crippen LogP) is 3.40. The molecule has 0 spiro atoms. The predicted molar refractivity (Wildman–Crippen MR) is 108 cm³/mol. The Bertz CT molecular complexity index is 721. The highest BCUT2D eigenvalue weighted by molar-refractivity contribution is 7.09. The van der Waals surface area contributed by atoms with E-state index in [9.17, 15) is 5.11 Å². The molecular formula is C21H30N4OS. The van der Waals surface area contributed by atoms with Crippen molar-refractivity contribution in [3.63, 3.8) is 0 Å². The molecule has 1 saturated heterocycles. The molecule has 0 unspecified atom stereocenters. The van der Waals surface area contributed by atoms with Crippen LogP contribution in [0.1, 0.15) is 54.8 Å². The third-order valence-corrected chi connectivity index (χ3v) is 6.91. The van der Waals surface area contributed by atoms with E-state index in [4.69, 9.17) is 4.98 Å². The molecule has 2 aromatic rings. The van der Waals surface area contributed by atoms with E-state index < -0.39 is 5.60 Å². The molecule has 1 aliphatic carbocycles. The van der Waals surface area contributed by atoms with Gasteiger partial charge in [-0.05, 0) is 44.4 Å². The average molecular weight is 387 g/mol. The van der Waals surface area contributed by atoms with Crippen LogP contribution in [0.5, 0.6) is 0 Å². The minimum atomic E-state index is -0.744. The summed E-state index contributed by atoms with van der Waals surface area (Å²) in [6, 6.07) is 4.82. The highest BCUT2D eigenvalue weighted by Gasteiger charge is 2.38. The van der Waals surface area contributed by atoms with Crippen LogP contribution in [0.15, 0.2) is 29.9 Å². The lowest BCUT2D eigenvalue weighted by molar-refractivity contribution is -0.0379. The van der Waals surface area contributed by atoms with Crippen LogP contribution >= 0.6 is 11.3 Å². The van der Waals surface area contributed by atoms with Gasteiger partial charge in [0, 0.05) is 43.4 Å². The summed E-state index contributed by atoms with van der Waals surface area (Å²) in [5.41, 5.74) is 1.34. The molecule has 27 heavy (non-hydrogen) atoms. The zero-order chi connectivity index (χ0) is 18.7. The van der Waals surface area contributed by atoms with Crippen molar-refractivity contribution >= 4 is 11.3 Å². The molecule has 2 aliphatic rings. The molecular weight excluding hydrogens is 356 g/mol. The third kappa shape index (κ3) is 4.57. The van der Waals surface area contributed by atoms with E-state index in [-0.39, 0.29) is 0 Å². The molecule has 0 amide bonds. The number of pyridine rings is 1. The second kappa shape index (κ2) is 8.35. The third-order valence-electron chi connectivity index (χ3n) is 6.08. The van der Waals surface area contributed by atoms with Gasteiger partial charge in [0.15, 0.2) is 0 Å². The molecule has 2 fully saturated rings. The Morgan fingerprint density at radius 3 is 2.74 bits per heavy atom. The summed E-state index contributed by atoms with van der Waals surface area (Å²) in [6.07, 6.45) is 10.7. The van der Waals surface area contributed by atoms with Crippen LogP contribution in [0, 0.1) is 0 Å². The van der Waals surface area contributed by atoms with Crippen LogP contribution in [-0.2, 0) is 18.7 Å². The van der Waals surface area contributed by atoms with Crippen LogP contribution < -0.4 is 0 Å². The smallest absolute Gasteiger partial charge is 0.110 e. The molecule has 2 aromatic heterocycles. The number of piperidine rings is 1. The van der Waals surface area contributed by atoms with Gasteiger partial charge in [-0.1, -0.05) is 18.9 Å². The SMILES string of the molecule is CN(Cc1cccnc1)Cc1nc(C2(O)CCN(C3CCCC3)CC2)cs1. The Balaban J connectivity index is 1.33. The maximum absolute atomic E-state index is 11.2. The lowest BCUT2D eigenvalue weighted by Gasteiger charge is -2.40. The van der Waals surface area contributed by atoms with Gasteiger partial charge >= 0.3 is 0 Å². The van der Waals surface area contributed by atoms with Crippen LogP contribution in [0.2, 0.25) is 0 Å². The van der Waals surface area contributed by atoms with Crippen molar-refractivity contribution < 1.29 is 5.11 Å². The fourth-order valence-electron chi connectivity index (χ4n) is 4.47. The van der Waals surface area contributed by atoms with Gasteiger partial charge < -0.3 is 10.0 Å². The summed E-state index contributed by atoms with van der Waals surface area (Å²) in [4.78, 5) is 13.8. The molecule has 0 aromatic carbocycles. The Hall–Kier alpha value is -1.34. The van der Waals surface area contributed by atoms with Gasteiger partial charge in [-0.3, -0.25) is 9.88 Å². The summed E-state index contributed by atoms with van der Waals surface area (Å²) in [5, 5.41) is 14.3. The summed E-state index contributed by atoms with van der Waals surface area (Å²) in [7, 11) is 2.10. The molecule has 0 atom stereocenters. The summed E-state index contributed by atoms with van der Waals surface area (Å²) in [6.45, 7) is 3.64. The number of rotatable bonds is 6. The van der Waals surface area contributed by atoms with Crippen molar-refractivity contribution in [1.82, 2.24) is 19.8 Å². The number of hydrogen-bond acceptors (Lipinski definition) is 6. The van der Waals surface area contributed by atoms with Crippen molar-refractivity contribution in [2.45, 2.75) is 63.3 Å². The van der Waals surface area contributed by atoms with Crippen molar-refractivity contribution in [3.05, 3.63) is 46.2 Å². The zero-order valence-corrected chi connectivity index (χ0v) is 17.0. The number of thiazole rings is 1. The first-order valence-corrected chi connectivity index (χ1v) is 11.0. The van der Waals surface area contributed by atoms with E-state index in [0.29, 0.717) is 0 Å². The number of likely N-dealkylation sites (tertiary alicyclic amines) is 1. The maximum atomic E-state index is 11.2. The lowest BCUT2D eigenvalue weighted by Crippen LogP contribution is -2.46. The molecule has 3 heterocycles. The van der Waals surface area contributed by atoms with Gasteiger partial charge in [-0.15, -0.1) is 11.3 Å². The Morgan fingerprint density at radius 1 is 1.26 bits per heavy atom. The highest BCUT2D eigenvalue weighted by Crippen LogP contribution is 2.36. The molecule has 5 nitrogen and oxygen atoms in total. The normalized spacial score (nSPS) is 21.1. The number of aromatic nitrogens is 2. The minimum Gasteiger partial charge on any atom is -0.383 e. The molecule has 0 bridgehead atoms. The largest absolute Gasteiger partial charge is 0.383 e. The van der Waals surface area contributed by atoms with E-state index in [1.807, 2.05) is 12.3 Å². The molecule has 0 radical (unpaired) electrons. The highest BCUT2D eigenvalue weighted by atomic mass is 32.1. The van der Waals surface area contributed by atoms with Gasteiger partial charge in [-0.2, -0.15) is 0 Å². The van der Waals surface area contributed by atoms with E-state index >= 15 is 0 Å². The molecule has 1 saturated carbocycles. The Kier molecular flexibility index (Phi) is 5.88. The second-order valence-electron chi connectivity index (χ2n) is 8.17. The summed E-state index contributed by atoms with van der Waals surface area (Å²) in [5.74, 6) is 0. The number of nitrogens with zero attached hydrogens (tertiary/aromatic N) is 4. The fourth-order valence-corrected chi connectivity index (χ4v) is 5.44. The van der Waals surface area contributed by atoms with Gasteiger partial charge in [0.05, 0.1) is 12.2 Å². The lowest BCUT2D eigenvalue weighted by atomic mass is 9.88. The molecule has 146 valence electrons. The van der Waals surface area contributed by atoms with Gasteiger partial charge in [0.2, 0.25) is 0 Å². The van der Waals surface area contributed by atoms with Crippen molar-refractivity contribution in [1.29, 1.82) is 0 Å². The van der Waals surface area contributed by atoms with E-state index in [1.54, 1.807) is 17.5 Å². The molecule has 4 rings (SSSR count). The first-order valence-electron chi connectivity index (χ1n) is 10.1. The second-order valence-corrected chi connectivity index (χ2v) is 9.11. The van der Waals surface area contributed by atoms with Crippen molar-refractivity contribution in [2.24, 2.45) is 0 Å². The Labute approximate surface area is 166 Å². The van der Waals surface area contributed by atoms with Crippen LogP contribution in [0.3, 0.4) is 0 Å². The van der Waals surface area contributed by atoms with Crippen molar-refractivity contribution in [3.8, 4) is 0 Å². The van der Waals surface area contributed by atoms with Gasteiger partial charge in [-0.25, -0.2) is 4.98 Å². The van der Waals surface area contributed by atoms with E-state index in [1.165, 1.54) is 31.2 Å². The topological polar surface area (TPSA) is 52.5 Å². The zero-order valence-electron chi connectivity index (χ0n) is 16.2. The molecule has 1 N–H and O–H groups in total. The molecule has 6 heteroatoms. The monoisotopic (exact) mass is 386 g/mol. The number of hydrogen-bond donors (Lipinski definition) is 1. The quantitative estimate of drug-likeness (QED) is 0.825. The minimum absolute atomic E-state index is 0.744. The van der Waals surface area contributed by atoms with Crippen molar-refractivity contribution in [2.75, 3.05) is 20.1 Å². The van der Waals surface area contributed by atoms with Gasteiger partial charge in [0.25, 0.3) is 0 Å².